The Morgan fingerprint density at radius 1 is 0.480 bits per heavy atom. The van der Waals surface area contributed by atoms with E-state index in [0.717, 1.165) is 0 Å². The summed E-state index contributed by atoms with van der Waals surface area (Å²) in [5.74, 6) is -15.9. The maximum atomic E-state index is 13.5. The number of halogens is 16. The molecule has 0 heterocycles. The third kappa shape index (κ3) is 3.84. The summed E-state index contributed by atoms with van der Waals surface area (Å²) in [7, 11) is 0. The van der Waals surface area contributed by atoms with Crippen LogP contribution in [0, 0.1) is 0 Å². The van der Waals surface area contributed by atoms with E-state index in [9.17, 15) is 70.2 Å². The lowest BCUT2D eigenvalue weighted by atomic mass is 9.86. The molecule has 25 heavy (non-hydrogen) atoms. The lowest BCUT2D eigenvalue weighted by Gasteiger charge is -2.44. The van der Waals surface area contributed by atoms with Crippen molar-refractivity contribution in [2.45, 2.75) is 42.2 Å². The Bertz CT molecular complexity index is 466. The highest BCUT2D eigenvalue weighted by molar-refractivity contribution is 5.15. The van der Waals surface area contributed by atoms with Crippen LogP contribution in [-0.4, -0.2) is 48.8 Å². The van der Waals surface area contributed by atoms with Crippen molar-refractivity contribution in [2.24, 2.45) is 0 Å². The molecule has 2 atom stereocenters. The van der Waals surface area contributed by atoms with Crippen molar-refractivity contribution in [3.63, 3.8) is 0 Å². The second kappa shape index (κ2) is 5.94. The Morgan fingerprint density at radius 2 is 0.840 bits per heavy atom. The highest BCUT2D eigenvalue weighted by atomic mass is 19.4. The largest absolute Gasteiger partial charge is 0.457 e. The van der Waals surface area contributed by atoms with Gasteiger partial charge in [-0.05, 0) is 0 Å². The van der Waals surface area contributed by atoms with E-state index >= 15 is 0 Å². The van der Waals surface area contributed by atoms with Crippen LogP contribution in [0.1, 0.15) is 0 Å². The van der Waals surface area contributed by atoms with E-state index in [-0.39, 0.29) is 0 Å². The first-order valence-electron chi connectivity index (χ1n) is 5.12. The molecule has 0 aliphatic heterocycles. The van der Waals surface area contributed by atoms with Gasteiger partial charge in [-0.1, -0.05) is 0 Å². The van der Waals surface area contributed by atoms with Gasteiger partial charge in [0.1, 0.15) is 6.61 Å². The lowest BCUT2D eigenvalue weighted by molar-refractivity contribution is -0.484. The van der Waals surface area contributed by atoms with Gasteiger partial charge in [-0.3, -0.25) is 0 Å². The quantitative estimate of drug-likeness (QED) is 0.566. The SMILES string of the molecule is FC(F)(F)COC(F)(C(F)(F)F)C(F)(C(F)(F)F)C(F)(F)C(F)(F)F. The molecular weight excluding hydrogens is 416 g/mol. The average Bonchev–Trinajstić information content (AvgIpc) is 2.29. The first-order valence-corrected chi connectivity index (χ1v) is 5.12. The van der Waals surface area contributed by atoms with Crippen molar-refractivity contribution >= 4 is 0 Å². The van der Waals surface area contributed by atoms with Gasteiger partial charge in [-0.2, -0.15) is 65.9 Å². The summed E-state index contributed by atoms with van der Waals surface area (Å²) in [6, 6.07) is 0. The zero-order valence-electron chi connectivity index (χ0n) is 10.7. The number of hydrogen-bond donors (Lipinski definition) is 0. The van der Waals surface area contributed by atoms with Gasteiger partial charge in [0.25, 0.3) is 0 Å². The third-order valence-corrected chi connectivity index (χ3v) is 2.42. The van der Waals surface area contributed by atoms with E-state index in [0.29, 0.717) is 0 Å². The van der Waals surface area contributed by atoms with Crippen LogP contribution >= 0.6 is 0 Å². The monoisotopic (exact) mass is 418 g/mol. The molecule has 0 amide bonds. The fourth-order valence-corrected chi connectivity index (χ4v) is 1.32. The molecule has 0 aliphatic carbocycles. The lowest BCUT2D eigenvalue weighted by Crippen LogP contribution is -2.76. The van der Waals surface area contributed by atoms with Crippen molar-refractivity contribution in [1.82, 2.24) is 0 Å². The third-order valence-electron chi connectivity index (χ3n) is 2.42. The fraction of sp³-hybridized carbons (Fsp3) is 1.00. The van der Waals surface area contributed by atoms with Gasteiger partial charge in [0.2, 0.25) is 0 Å². The number of rotatable bonds is 4. The molecule has 0 rings (SSSR count). The molecular formula is C8H2F16O. The van der Waals surface area contributed by atoms with Crippen LogP contribution < -0.4 is 0 Å². The average molecular weight is 418 g/mol. The molecule has 0 aliphatic rings. The van der Waals surface area contributed by atoms with Crippen LogP contribution in [0.15, 0.2) is 0 Å². The second-order valence-corrected chi connectivity index (χ2v) is 4.23. The van der Waals surface area contributed by atoms with E-state index in [1.165, 1.54) is 0 Å². The van der Waals surface area contributed by atoms with E-state index in [2.05, 4.69) is 0 Å². The molecule has 152 valence electrons. The Hall–Kier alpha value is -1.16. The van der Waals surface area contributed by atoms with Crippen molar-refractivity contribution in [1.29, 1.82) is 0 Å². The van der Waals surface area contributed by atoms with E-state index in [1.54, 1.807) is 0 Å². The van der Waals surface area contributed by atoms with Gasteiger partial charge in [-0.25, -0.2) is 4.39 Å². The number of hydrogen-bond acceptors (Lipinski definition) is 1. The predicted molar refractivity (Wildman–Crippen MR) is 42.8 cm³/mol. The molecule has 2 unspecified atom stereocenters. The highest BCUT2D eigenvalue weighted by Gasteiger charge is 2.94. The summed E-state index contributed by atoms with van der Waals surface area (Å²) in [6.45, 7) is -3.77. The van der Waals surface area contributed by atoms with Crippen molar-refractivity contribution in [3.8, 4) is 0 Å². The van der Waals surface area contributed by atoms with Crippen LogP contribution in [0.3, 0.4) is 0 Å². The van der Waals surface area contributed by atoms with Crippen LogP contribution in [0.2, 0.25) is 0 Å². The van der Waals surface area contributed by atoms with Crippen molar-refractivity contribution < 1.29 is 75.0 Å². The molecule has 0 aromatic rings. The van der Waals surface area contributed by atoms with Crippen molar-refractivity contribution in [2.75, 3.05) is 6.61 Å². The molecule has 0 spiro atoms. The fourth-order valence-electron chi connectivity index (χ4n) is 1.32. The van der Waals surface area contributed by atoms with Gasteiger partial charge in [-0.15, -0.1) is 0 Å². The number of alkyl halides is 16. The molecule has 17 heteroatoms. The molecule has 0 aromatic heterocycles. The normalized spacial score (nSPS) is 20.2. The van der Waals surface area contributed by atoms with Gasteiger partial charge in [0.05, 0.1) is 0 Å². The maximum Gasteiger partial charge on any atom is 0.457 e. The summed E-state index contributed by atoms with van der Waals surface area (Å²) in [6.07, 6.45) is -29.7. The molecule has 0 N–H and O–H groups in total. The molecule has 0 saturated heterocycles. The summed E-state index contributed by atoms with van der Waals surface area (Å²) < 4.78 is 199. The standard InChI is InChI=1S/C8H2F16O/c9-2(10,11)1-25-5(15,8(22,23)24)3(12,6(16,17)18)4(13,14)7(19,20)21/h1H2. The Kier molecular flexibility index (Phi) is 5.66. The summed E-state index contributed by atoms with van der Waals surface area (Å²) >= 11 is 0. The van der Waals surface area contributed by atoms with Gasteiger partial charge >= 0.3 is 42.2 Å². The smallest absolute Gasteiger partial charge is 0.326 e. The number of ether oxygens (including phenoxy) is 1. The summed E-state index contributed by atoms with van der Waals surface area (Å²) in [5.41, 5.74) is -8.30. The minimum Gasteiger partial charge on any atom is -0.326 e. The van der Waals surface area contributed by atoms with Crippen LogP contribution in [0.4, 0.5) is 70.2 Å². The topological polar surface area (TPSA) is 9.23 Å². The van der Waals surface area contributed by atoms with Crippen LogP contribution in [0.5, 0.6) is 0 Å². The van der Waals surface area contributed by atoms with E-state index in [1.807, 2.05) is 4.74 Å². The zero-order chi connectivity index (χ0) is 20.9. The minimum atomic E-state index is -8.30. The van der Waals surface area contributed by atoms with E-state index < -0.39 is 48.8 Å². The zero-order valence-corrected chi connectivity index (χ0v) is 10.7. The van der Waals surface area contributed by atoms with Crippen molar-refractivity contribution in [3.05, 3.63) is 0 Å². The Morgan fingerprint density at radius 3 is 1.04 bits per heavy atom. The van der Waals surface area contributed by atoms with Crippen LogP contribution in [0.25, 0.3) is 0 Å². The predicted octanol–water partition coefficient (Wildman–Crippen LogP) is 5.26. The Balaban J connectivity index is 6.74. The molecule has 0 fully saturated rings. The molecule has 0 radical (unpaired) electrons. The van der Waals surface area contributed by atoms with Crippen LogP contribution in [-0.2, 0) is 4.74 Å². The molecule has 1 nitrogen and oxygen atoms in total. The molecule has 0 aromatic carbocycles. The summed E-state index contributed by atoms with van der Waals surface area (Å²) in [4.78, 5) is 0. The second-order valence-electron chi connectivity index (χ2n) is 4.23. The Labute approximate surface area is 125 Å². The van der Waals surface area contributed by atoms with Gasteiger partial charge in [0, 0.05) is 0 Å². The van der Waals surface area contributed by atoms with E-state index in [4.69, 9.17) is 0 Å². The maximum absolute atomic E-state index is 13.5. The first-order chi connectivity index (χ1) is 10.5. The minimum absolute atomic E-state index is 1.94. The molecule has 0 bridgehead atoms. The summed E-state index contributed by atoms with van der Waals surface area (Å²) in [5, 5.41) is 0. The van der Waals surface area contributed by atoms with Gasteiger partial charge in [0.15, 0.2) is 0 Å². The van der Waals surface area contributed by atoms with Gasteiger partial charge < -0.3 is 4.74 Å². The molecule has 0 saturated carbocycles. The highest BCUT2D eigenvalue weighted by Crippen LogP contribution is 2.62. The first kappa shape index (κ1) is 23.8.